The molecule has 0 saturated carbocycles. The predicted octanol–water partition coefficient (Wildman–Crippen LogP) is 26.9. The number of hydrogen-bond acceptors (Lipinski definition) is 12. The summed E-state index contributed by atoms with van der Waals surface area (Å²) in [5, 5.41) is 6.33. The molecule has 12 aromatic carbocycles. The first-order valence-electron chi connectivity index (χ1n) is 48.2. The van der Waals surface area contributed by atoms with E-state index >= 15 is 0 Å². The predicted molar refractivity (Wildman–Crippen MR) is 559 cm³/mol. The van der Waals surface area contributed by atoms with E-state index in [1.165, 1.54) is 178 Å². The van der Waals surface area contributed by atoms with Crippen molar-refractivity contribution in [1.82, 2.24) is 77.4 Å². The topological polar surface area (TPSA) is 172 Å². The Balaban J connectivity index is 0.0000000829. The molecule has 0 amide bonds. The molecule has 16 heteroatoms. The lowest BCUT2D eigenvalue weighted by Crippen LogP contribution is -1.94. The van der Waals surface area contributed by atoms with Crippen molar-refractivity contribution in [2.24, 2.45) is 0 Å². The Morgan fingerprint density at radius 2 is 0.443 bits per heavy atom. The maximum Gasteiger partial charge on any atom is 0.165 e. The third kappa shape index (κ3) is 10.1. The van der Waals surface area contributed by atoms with Gasteiger partial charge >= 0.3 is 0 Å². The second kappa shape index (κ2) is 27.7. The van der Waals surface area contributed by atoms with Crippen LogP contribution in [0.2, 0.25) is 0 Å². The maximum atomic E-state index is 5.29. The number of rotatable bonds is 0. The van der Waals surface area contributed by atoms with Crippen molar-refractivity contribution in [2.75, 3.05) is 0 Å². The zero-order valence-corrected chi connectivity index (χ0v) is 75.1. The number of hydrogen-bond donors (Lipinski definition) is 0. The standard InChI is InChI=1S/4C31H18N4/c1-2-6-19-17(5-1)15-18-9-10-20-21-11-12-26-28(24(21)16-23(20)27(18)19)34-31-22-7-3-13-32-29(22)30-25(35(26)31)8-4-14-33-30;1-2-6-19-17(5-1)15-18-9-10-20-21-11-12-26-29(24(21)16-23(20)27(18)19)34-31-30-22(7-3-13-33-30)28-25(35(26)31)8-4-14-32-28;1-2-5-19-17(4-1)14-18-7-8-20-21-9-10-27-30(24(21)15-23(20)28(18)19)34-31-22-11-13-32-16-25(22)29-26(35(27)31)6-3-12-33-29;1-2-5-19-17(4-1)14-18-7-8-20-21-9-10-27-30(24(21)15-23(20)28(18)19)34-31-25-16-32-13-11-22(25)29-26(35(27)31)6-3-12-33-29/h2*1-14H,15-16H2;2*1-13,16H,14-15H2. The molecular formula is C124H72N16. The van der Waals surface area contributed by atoms with Gasteiger partial charge in [-0.1, -0.05) is 170 Å². The summed E-state index contributed by atoms with van der Waals surface area (Å²) in [5.41, 5.74) is 67.1. The van der Waals surface area contributed by atoms with Gasteiger partial charge in [0.1, 0.15) is 33.5 Å². The highest BCUT2D eigenvalue weighted by Crippen LogP contribution is 2.56. The van der Waals surface area contributed by atoms with E-state index in [0.717, 1.165) is 206 Å². The van der Waals surface area contributed by atoms with E-state index in [-0.39, 0.29) is 0 Å². The van der Waals surface area contributed by atoms with Crippen LogP contribution in [0, 0.1) is 0 Å². The van der Waals surface area contributed by atoms with Gasteiger partial charge in [-0.15, -0.1) is 0 Å². The number of fused-ring (bicyclic) bond motifs is 64. The highest BCUT2D eigenvalue weighted by atomic mass is 15.1. The molecule has 140 heavy (non-hydrogen) atoms. The first kappa shape index (κ1) is 75.1. The summed E-state index contributed by atoms with van der Waals surface area (Å²) in [4.78, 5) is 58.2. The van der Waals surface area contributed by atoms with Gasteiger partial charge in [0.2, 0.25) is 0 Å². The molecule has 0 spiro atoms. The third-order valence-corrected chi connectivity index (χ3v) is 31.9. The first-order chi connectivity index (χ1) is 69.5. The zero-order chi connectivity index (χ0) is 90.7. The lowest BCUT2D eigenvalue weighted by Gasteiger charge is -2.08. The van der Waals surface area contributed by atoms with Crippen molar-refractivity contribution in [3.8, 4) is 89.0 Å². The molecule has 0 radical (unpaired) electrons. The Labute approximate surface area is 796 Å². The second-order valence-corrected chi connectivity index (χ2v) is 38.6. The number of imidazole rings is 4. The summed E-state index contributed by atoms with van der Waals surface area (Å²) >= 11 is 0. The molecule has 0 saturated heterocycles. The average molecular weight is 1790 g/mol. The molecule has 16 aromatic heterocycles. The quantitative estimate of drug-likeness (QED) is 0.132. The van der Waals surface area contributed by atoms with Crippen molar-refractivity contribution >= 4 is 154 Å². The van der Waals surface area contributed by atoms with E-state index in [1.807, 2.05) is 104 Å². The van der Waals surface area contributed by atoms with Crippen LogP contribution in [0.25, 0.3) is 243 Å². The third-order valence-electron chi connectivity index (χ3n) is 31.9. The van der Waals surface area contributed by atoms with Crippen molar-refractivity contribution in [1.29, 1.82) is 0 Å². The van der Waals surface area contributed by atoms with Crippen LogP contribution in [-0.2, 0) is 51.4 Å². The number of pyridine rings is 12. The van der Waals surface area contributed by atoms with Crippen LogP contribution in [0.1, 0.15) is 89.0 Å². The largest absolute Gasteiger partial charge is 0.290 e. The molecule has 36 rings (SSSR count). The van der Waals surface area contributed by atoms with E-state index < -0.39 is 0 Å². The average Bonchev–Trinajstić information content (AvgIpc) is 1.56. The van der Waals surface area contributed by atoms with Crippen LogP contribution in [0.3, 0.4) is 0 Å². The molecule has 0 bridgehead atoms. The summed E-state index contributed by atoms with van der Waals surface area (Å²) in [6, 6.07) is 101. The monoisotopic (exact) mass is 1780 g/mol. The normalized spacial score (nSPS) is 13.5. The van der Waals surface area contributed by atoms with Gasteiger partial charge in [-0.25, -0.2) is 19.9 Å². The van der Waals surface area contributed by atoms with Crippen LogP contribution in [0.5, 0.6) is 0 Å². The van der Waals surface area contributed by atoms with Gasteiger partial charge in [0, 0.05) is 120 Å². The van der Waals surface area contributed by atoms with E-state index in [1.54, 1.807) is 0 Å². The number of aromatic nitrogens is 16. The smallest absolute Gasteiger partial charge is 0.165 e. The van der Waals surface area contributed by atoms with Gasteiger partial charge in [0.25, 0.3) is 0 Å². The van der Waals surface area contributed by atoms with Gasteiger partial charge in [-0.2, -0.15) is 0 Å². The summed E-state index contributed by atoms with van der Waals surface area (Å²) in [6.07, 6.45) is 26.3. The van der Waals surface area contributed by atoms with Crippen LogP contribution in [0.15, 0.2) is 341 Å². The fourth-order valence-electron chi connectivity index (χ4n) is 26.1. The van der Waals surface area contributed by atoms with Crippen LogP contribution < -0.4 is 0 Å². The Kier molecular flexibility index (Phi) is 14.9. The SMILES string of the molecule is c1ccc2c(c1)Cc1ccc3c(c1-2)Cc1c-3ccc2c1nc1c3cccnc3c3ncccc3n21.c1ccc2c(c1)Cc1ccc3c(c1-2)Cc1c-3ccc2c1nc1c3ccncc3c3ncccc3n21.c1ccc2c(c1)Cc1ccc3c(c1-2)Cc1c-3ccc2c1nc1c3cnccc3c3ncccc3n21.c1ccc2c(c1)Cc1ccc3c(c1-2)Cc1c-3ccc2c1nc1c3ncccc3c3ncccc3n21. The van der Waals surface area contributed by atoms with Crippen LogP contribution in [0.4, 0.5) is 0 Å². The van der Waals surface area contributed by atoms with Gasteiger partial charge in [-0.3, -0.25) is 57.5 Å². The molecule has 648 valence electrons. The highest BCUT2D eigenvalue weighted by Gasteiger charge is 2.38. The molecule has 0 atom stereocenters. The van der Waals surface area contributed by atoms with Crippen molar-refractivity contribution < 1.29 is 0 Å². The molecule has 0 N–H and O–H groups in total. The summed E-state index contributed by atoms with van der Waals surface area (Å²) < 4.78 is 9.06. The van der Waals surface area contributed by atoms with E-state index in [2.05, 4.69) is 269 Å². The fraction of sp³-hybridized carbons (Fsp3) is 0.0645. The summed E-state index contributed by atoms with van der Waals surface area (Å²) in [6.45, 7) is 0. The number of nitrogens with zero attached hydrogens (tertiary/aromatic N) is 16. The Morgan fingerprint density at radius 1 is 0.157 bits per heavy atom. The first-order valence-corrected chi connectivity index (χ1v) is 48.2. The molecular weight excluding hydrogens is 1710 g/mol. The van der Waals surface area contributed by atoms with Crippen molar-refractivity contribution in [3.63, 3.8) is 0 Å². The Bertz CT molecular complexity index is 9460. The van der Waals surface area contributed by atoms with E-state index in [0.29, 0.717) is 0 Å². The van der Waals surface area contributed by atoms with E-state index in [4.69, 9.17) is 44.9 Å². The molecule has 8 aliphatic rings. The molecule has 8 aliphatic carbocycles. The van der Waals surface area contributed by atoms with Gasteiger partial charge in [0.05, 0.1) is 82.8 Å². The summed E-state index contributed by atoms with van der Waals surface area (Å²) in [7, 11) is 0. The van der Waals surface area contributed by atoms with Gasteiger partial charge < -0.3 is 0 Å². The Hall–Kier alpha value is -18.3. The molecule has 0 aliphatic heterocycles. The molecule has 16 heterocycles. The highest BCUT2D eigenvalue weighted by molar-refractivity contribution is 6.17. The number of benzene rings is 12. The Morgan fingerprint density at radius 3 is 0.857 bits per heavy atom. The minimum Gasteiger partial charge on any atom is -0.290 e. The molecule has 0 fully saturated rings. The van der Waals surface area contributed by atoms with E-state index in [9.17, 15) is 0 Å². The molecule has 0 unspecified atom stereocenters. The van der Waals surface area contributed by atoms with Crippen molar-refractivity contribution in [2.45, 2.75) is 51.4 Å². The van der Waals surface area contributed by atoms with Crippen LogP contribution >= 0.6 is 0 Å². The van der Waals surface area contributed by atoms with Crippen LogP contribution in [-0.4, -0.2) is 77.4 Å². The lowest BCUT2D eigenvalue weighted by molar-refractivity contribution is 1.24. The molecule has 16 nitrogen and oxygen atoms in total. The van der Waals surface area contributed by atoms with Gasteiger partial charge in [0.15, 0.2) is 5.65 Å². The minimum absolute atomic E-state index is 0.897. The van der Waals surface area contributed by atoms with Crippen molar-refractivity contribution in [3.05, 3.63) is 430 Å². The maximum absolute atomic E-state index is 5.29. The summed E-state index contributed by atoms with van der Waals surface area (Å²) in [5.74, 6) is 0. The zero-order valence-electron chi connectivity index (χ0n) is 75.1. The fourth-order valence-corrected chi connectivity index (χ4v) is 26.1. The second-order valence-electron chi connectivity index (χ2n) is 38.6. The minimum atomic E-state index is 0.897. The van der Waals surface area contributed by atoms with Gasteiger partial charge in [-0.05, 0) is 313 Å². The molecule has 28 aromatic rings. The lowest BCUT2D eigenvalue weighted by atomic mass is 9.95.